The Bertz CT molecular complexity index is 2760. The number of carbonyl (C=O) groups is 4. The molecule has 4 N–H and O–H groups in total. The standard InChI is InChI=1S/C46H42N8O6S2/c1-59-45(57)51-37(29-11-5-3-6-12-29)43(55)53-21-9-15-35(53)41-47-23-33(49-41)28-19-17-27(18-20-28)31-25-61-40-32(26-62-39(31)40)34-24-48-42(50-34)36-16-10-22-54(36)44(56)38(52-46(58)60-2)30-13-7-4-8-14-30/h3-9,11-15,17-20,23-26,35-38H,10,16,21-22H2,1-2H3,(H,47,49)(H,48,50)(H,51,57)(H,52,58)/t35?,36-,37+,38+/m0/s1. The Morgan fingerprint density at radius 1 is 0.694 bits per heavy atom. The van der Waals surface area contributed by atoms with Gasteiger partial charge in [-0.15, -0.1) is 22.7 Å². The second-order valence-corrected chi connectivity index (χ2v) is 16.7. The van der Waals surface area contributed by atoms with Crippen molar-refractivity contribution in [3.8, 4) is 33.6 Å². The highest BCUT2D eigenvalue weighted by Gasteiger charge is 2.38. The normalized spacial score (nSPS) is 16.9. The Morgan fingerprint density at radius 3 is 1.89 bits per heavy atom. The minimum Gasteiger partial charge on any atom is -0.453 e. The van der Waals surface area contributed by atoms with E-state index in [9.17, 15) is 19.2 Å². The van der Waals surface area contributed by atoms with Crippen LogP contribution in [0.4, 0.5) is 9.59 Å². The SMILES string of the molecule is COC(=O)N[C@@H](C(=O)N1CC=CC1c1ncc(-c2ccc(-c3csc4c(-c5cnc([C@@H]6CCCN6C(=O)[C@H](NC(=O)OC)c6ccccc6)[nH]5)csc34)cc2)[nH]1)c1ccccc1. The van der Waals surface area contributed by atoms with Crippen LogP contribution in [0.5, 0.6) is 0 Å². The molecule has 0 bridgehead atoms. The van der Waals surface area contributed by atoms with Gasteiger partial charge in [-0.3, -0.25) is 9.59 Å². The molecule has 2 aliphatic rings. The summed E-state index contributed by atoms with van der Waals surface area (Å²) in [4.78, 5) is 72.3. The summed E-state index contributed by atoms with van der Waals surface area (Å²) in [6.45, 7) is 0.919. The number of likely N-dealkylation sites (tertiary alicyclic amines) is 1. The first-order valence-corrected chi connectivity index (χ1v) is 21.8. The lowest BCUT2D eigenvalue weighted by Gasteiger charge is -2.28. The quantitative estimate of drug-likeness (QED) is 0.0935. The lowest BCUT2D eigenvalue weighted by molar-refractivity contribution is -0.135. The number of hydrogen-bond donors (Lipinski definition) is 4. The number of rotatable bonds is 11. The summed E-state index contributed by atoms with van der Waals surface area (Å²) in [6.07, 6.45) is 7.66. The predicted molar refractivity (Wildman–Crippen MR) is 237 cm³/mol. The number of benzene rings is 3. The first-order valence-electron chi connectivity index (χ1n) is 20.1. The summed E-state index contributed by atoms with van der Waals surface area (Å²) in [5, 5.41) is 9.74. The lowest BCUT2D eigenvalue weighted by atomic mass is 10.0. The number of carbonyl (C=O) groups excluding carboxylic acids is 4. The van der Waals surface area contributed by atoms with Crippen LogP contribution in [-0.2, 0) is 19.1 Å². The van der Waals surface area contributed by atoms with Crippen molar-refractivity contribution in [2.75, 3.05) is 27.3 Å². The van der Waals surface area contributed by atoms with Crippen LogP contribution in [0.3, 0.4) is 0 Å². The molecule has 14 nitrogen and oxygen atoms in total. The average molecular weight is 867 g/mol. The molecule has 9 rings (SSSR count). The second-order valence-electron chi connectivity index (χ2n) is 14.9. The van der Waals surface area contributed by atoms with E-state index in [0.29, 0.717) is 35.9 Å². The molecule has 4 atom stereocenters. The van der Waals surface area contributed by atoms with Crippen LogP contribution < -0.4 is 10.6 Å². The molecule has 3 aromatic carbocycles. The first-order chi connectivity index (χ1) is 30.3. The number of thiophene rings is 2. The molecule has 7 aromatic rings. The number of methoxy groups -OCH3 is 2. The van der Waals surface area contributed by atoms with E-state index in [1.54, 1.807) is 50.8 Å². The number of H-pyrrole nitrogens is 2. The Balaban J connectivity index is 0.899. The van der Waals surface area contributed by atoms with Crippen LogP contribution in [0.25, 0.3) is 43.0 Å². The van der Waals surface area contributed by atoms with Crippen LogP contribution >= 0.6 is 22.7 Å². The lowest BCUT2D eigenvalue weighted by Crippen LogP contribution is -2.43. The summed E-state index contributed by atoms with van der Waals surface area (Å²) in [5.41, 5.74) is 7.23. The molecule has 314 valence electrons. The monoisotopic (exact) mass is 866 g/mol. The molecule has 16 heteroatoms. The van der Waals surface area contributed by atoms with Gasteiger partial charge in [0.25, 0.3) is 11.8 Å². The highest BCUT2D eigenvalue weighted by Crippen LogP contribution is 2.44. The fourth-order valence-corrected chi connectivity index (χ4v) is 10.6. The minimum atomic E-state index is -0.925. The summed E-state index contributed by atoms with van der Waals surface area (Å²) in [7, 11) is 2.55. The van der Waals surface area contributed by atoms with Gasteiger partial charge >= 0.3 is 12.2 Å². The van der Waals surface area contributed by atoms with E-state index in [1.807, 2.05) is 66.9 Å². The summed E-state index contributed by atoms with van der Waals surface area (Å²) >= 11 is 3.36. The van der Waals surface area contributed by atoms with Crippen LogP contribution in [0.1, 0.15) is 59.8 Å². The highest BCUT2D eigenvalue weighted by molar-refractivity contribution is 7.27. The van der Waals surface area contributed by atoms with E-state index < -0.39 is 30.3 Å². The summed E-state index contributed by atoms with van der Waals surface area (Å²) < 4.78 is 12.0. The van der Waals surface area contributed by atoms with Gasteiger partial charge in [0.1, 0.15) is 29.8 Å². The molecule has 0 radical (unpaired) electrons. The molecule has 0 saturated carbocycles. The maximum atomic E-state index is 14.0. The molecule has 1 unspecified atom stereocenters. The molecule has 6 heterocycles. The topological polar surface area (TPSA) is 175 Å². The fraction of sp³-hybridized carbons (Fsp3) is 0.217. The van der Waals surface area contributed by atoms with Crippen molar-refractivity contribution >= 4 is 56.1 Å². The maximum absolute atomic E-state index is 14.0. The van der Waals surface area contributed by atoms with E-state index in [1.165, 1.54) is 18.9 Å². The van der Waals surface area contributed by atoms with Crippen LogP contribution in [-0.4, -0.2) is 81.0 Å². The number of aromatic nitrogens is 4. The Hall–Kier alpha value is -7.04. The average Bonchev–Trinajstić information content (AvgIpc) is 4.17. The molecule has 4 aromatic heterocycles. The van der Waals surface area contributed by atoms with Crippen molar-refractivity contribution in [3.63, 3.8) is 0 Å². The largest absolute Gasteiger partial charge is 0.453 e. The smallest absolute Gasteiger partial charge is 0.407 e. The number of nitrogens with one attached hydrogen (secondary N) is 4. The Kier molecular flexibility index (Phi) is 11.4. The molecule has 2 aliphatic heterocycles. The second kappa shape index (κ2) is 17.5. The van der Waals surface area contributed by atoms with Gasteiger partial charge in [-0.1, -0.05) is 97.1 Å². The Morgan fingerprint density at radius 2 is 1.24 bits per heavy atom. The first kappa shape index (κ1) is 40.4. The van der Waals surface area contributed by atoms with Gasteiger partial charge in [-0.25, -0.2) is 19.6 Å². The van der Waals surface area contributed by atoms with E-state index in [0.717, 1.165) is 51.2 Å². The maximum Gasteiger partial charge on any atom is 0.407 e. The van der Waals surface area contributed by atoms with Gasteiger partial charge in [0, 0.05) is 35.0 Å². The number of fused-ring (bicyclic) bond motifs is 1. The number of imidazole rings is 2. The molecular formula is C46H42N8O6S2. The zero-order chi connectivity index (χ0) is 42.7. The van der Waals surface area contributed by atoms with E-state index in [-0.39, 0.29) is 17.9 Å². The van der Waals surface area contributed by atoms with Gasteiger partial charge in [0.15, 0.2) is 0 Å². The zero-order valence-corrected chi connectivity index (χ0v) is 35.4. The number of hydrogen-bond acceptors (Lipinski definition) is 10. The molecule has 0 spiro atoms. The third-order valence-corrected chi connectivity index (χ3v) is 13.5. The van der Waals surface area contributed by atoms with Crippen molar-refractivity contribution in [1.82, 2.24) is 40.4 Å². The molecular weight excluding hydrogens is 825 g/mol. The third kappa shape index (κ3) is 7.85. The van der Waals surface area contributed by atoms with Crippen LogP contribution in [0.15, 0.2) is 120 Å². The Labute approximate surface area is 364 Å². The molecule has 4 amide bonds. The molecule has 62 heavy (non-hydrogen) atoms. The zero-order valence-electron chi connectivity index (χ0n) is 33.7. The molecule has 1 saturated heterocycles. The summed E-state index contributed by atoms with van der Waals surface area (Å²) in [6, 6.07) is 24.1. The van der Waals surface area contributed by atoms with E-state index in [2.05, 4.69) is 60.6 Å². The van der Waals surface area contributed by atoms with Gasteiger partial charge in [-0.05, 0) is 35.1 Å². The fourth-order valence-electron chi connectivity index (χ4n) is 8.16. The van der Waals surface area contributed by atoms with Gasteiger partial charge in [0.2, 0.25) is 0 Å². The van der Waals surface area contributed by atoms with Gasteiger partial charge in [-0.2, -0.15) is 0 Å². The minimum absolute atomic E-state index is 0.213. The highest BCUT2D eigenvalue weighted by atomic mass is 32.1. The van der Waals surface area contributed by atoms with E-state index in [4.69, 9.17) is 14.5 Å². The molecule has 0 aliphatic carbocycles. The number of aromatic amines is 2. The molecule has 1 fully saturated rings. The summed E-state index contributed by atoms with van der Waals surface area (Å²) in [5.74, 6) is 0.833. The van der Waals surface area contributed by atoms with Gasteiger partial charge < -0.3 is 39.9 Å². The van der Waals surface area contributed by atoms with E-state index >= 15 is 0 Å². The van der Waals surface area contributed by atoms with Crippen molar-refractivity contribution in [3.05, 3.63) is 143 Å². The number of nitrogens with zero attached hydrogens (tertiary/aromatic N) is 4. The number of amides is 4. The third-order valence-electron chi connectivity index (χ3n) is 11.3. The number of alkyl carbamates (subject to hydrolysis) is 2. The van der Waals surface area contributed by atoms with Crippen molar-refractivity contribution in [2.24, 2.45) is 0 Å². The van der Waals surface area contributed by atoms with Crippen molar-refractivity contribution < 1.29 is 28.7 Å². The van der Waals surface area contributed by atoms with Crippen LogP contribution in [0.2, 0.25) is 0 Å². The van der Waals surface area contributed by atoms with Crippen LogP contribution in [0, 0.1) is 0 Å². The number of ether oxygens (including phenoxy) is 2. The van der Waals surface area contributed by atoms with Crippen molar-refractivity contribution in [2.45, 2.75) is 37.0 Å². The predicted octanol–water partition coefficient (Wildman–Crippen LogP) is 8.71. The van der Waals surface area contributed by atoms with Crippen molar-refractivity contribution in [1.29, 1.82) is 0 Å². The van der Waals surface area contributed by atoms with Gasteiger partial charge in [0.05, 0.1) is 53.4 Å².